The van der Waals surface area contributed by atoms with E-state index in [1.54, 1.807) is 16.8 Å². The van der Waals surface area contributed by atoms with Crippen molar-refractivity contribution in [3.05, 3.63) is 63.5 Å². The summed E-state index contributed by atoms with van der Waals surface area (Å²) in [5.74, 6) is -0.342. The Morgan fingerprint density at radius 2 is 2.08 bits per heavy atom. The van der Waals surface area contributed by atoms with Crippen LogP contribution in [0.25, 0.3) is 0 Å². The van der Waals surface area contributed by atoms with E-state index in [0.29, 0.717) is 17.9 Å². The molecule has 1 amide bonds. The van der Waals surface area contributed by atoms with E-state index in [-0.39, 0.29) is 12.4 Å². The standard InChI is InChI=1S/C17H18BrN5O3/c1-10-15(18)11(2)23(21-10)9-14-20-17(26-22-14)16(25)19-8-13(24)12-6-4-3-5-7-12/h3-7,13,24H,8-9H2,1-2H3,(H,19,25)/t13-/m1/s1. The molecule has 0 bridgehead atoms. The molecule has 136 valence electrons. The molecular weight excluding hydrogens is 402 g/mol. The molecule has 2 heterocycles. The van der Waals surface area contributed by atoms with Crippen molar-refractivity contribution in [3.8, 4) is 0 Å². The van der Waals surface area contributed by atoms with Crippen LogP contribution in [0.5, 0.6) is 0 Å². The fourth-order valence-corrected chi connectivity index (χ4v) is 2.72. The number of aryl methyl sites for hydroxylation is 1. The summed E-state index contributed by atoms with van der Waals surface area (Å²) in [5.41, 5.74) is 2.51. The maximum atomic E-state index is 12.1. The number of hydrogen-bond donors (Lipinski definition) is 2. The van der Waals surface area contributed by atoms with Crippen LogP contribution in [0, 0.1) is 13.8 Å². The van der Waals surface area contributed by atoms with Gasteiger partial charge in [-0.15, -0.1) is 0 Å². The summed E-state index contributed by atoms with van der Waals surface area (Å²) in [6.07, 6.45) is -0.811. The lowest BCUT2D eigenvalue weighted by Gasteiger charge is -2.10. The van der Waals surface area contributed by atoms with Gasteiger partial charge in [0, 0.05) is 6.54 Å². The van der Waals surface area contributed by atoms with Crippen molar-refractivity contribution in [1.29, 1.82) is 0 Å². The first kappa shape index (κ1) is 18.3. The topological polar surface area (TPSA) is 106 Å². The molecule has 0 saturated heterocycles. The molecule has 0 aliphatic rings. The van der Waals surface area contributed by atoms with Gasteiger partial charge in [-0.1, -0.05) is 35.5 Å². The number of aromatic nitrogens is 4. The van der Waals surface area contributed by atoms with Crippen molar-refractivity contribution in [1.82, 2.24) is 25.2 Å². The first-order chi connectivity index (χ1) is 12.5. The van der Waals surface area contributed by atoms with E-state index >= 15 is 0 Å². The van der Waals surface area contributed by atoms with Crippen LogP contribution in [0.2, 0.25) is 0 Å². The molecule has 3 aromatic rings. The number of carbonyl (C=O) groups is 1. The average molecular weight is 420 g/mol. The zero-order valence-electron chi connectivity index (χ0n) is 14.3. The van der Waals surface area contributed by atoms with Crippen molar-refractivity contribution in [2.24, 2.45) is 0 Å². The highest BCUT2D eigenvalue weighted by molar-refractivity contribution is 9.10. The fourth-order valence-electron chi connectivity index (χ4n) is 2.43. The molecule has 0 aliphatic heterocycles. The Labute approximate surface area is 158 Å². The Morgan fingerprint density at radius 3 is 2.73 bits per heavy atom. The average Bonchev–Trinajstić information content (AvgIpc) is 3.21. The Hall–Kier alpha value is -2.52. The second-order valence-corrected chi connectivity index (χ2v) is 6.59. The Morgan fingerprint density at radius 1 is 1.35 bits per heavy atom. The van der Waals surface area contributed by atoms with Crippen LogP contribution in [0.3, 0.4) is 0 Å². The van der Waals surface area contributed by atoms with Gasteiger partial charge >= 0.3 is 11.8 Å². The highest BCUT2D eigenvalue weighted by Crippen LogP contribution is 2.20. The number of carbonyl (C=O) groups excluding carboxylic acids is 1. The quantitative estimate of drug-likeness (QED) is 0.633. The Bertz CT molecular complexity index is 907. The van der Waals surface area contributed by atoms with Crippen LogP contribution in [0.4, 0.5) is 0 Å². The first-order valence-electron chi connectivity index (χ1n) is 7.99. The van der Waals surface area contributed by atoms with Crippen molar-refractivity contribution >= 4 is 21.8 Å². The van der Waals surface area contributed by atoms with Crippen molar-refractivity contribution in [3.63, 3.8) is 0 Å². The number of amides is 1. The van der Waals surface area contributed by atoms with E-state index < -0.39 is 12.0 Å². The molecule has 8 nitrogen and oxygen atoms in total. The number of halogens is 1. The van der Waals surface area contributed by atoms with Crippen LogP contribution < -0.4 is 5.32 Å². The molecule has 9 heteroatoms. The number of benzene rings is 1. The molecule has 1 aromatic carbocycles. The van der Waals surface area contributed by atoms with Crippen molar-refractivity contribution in [2.45, 2.75) is 26.5 Å². The van der Waals surface area contributed by atoms with Gasteiger partial charge in [0.1, 0.15) is 6.54 Å². The number of nitrogens with zero attached hydrogens (tertiary/aromatic N) is 4. The minimum Gasteiger partial charge on any atom is -0.387 e. The second-order valence-electron chi connectivity index (χ2n) is 5.79. The molecule has 1 atom stereocenters. The molecule has 0 aliphatic carbocycles. The third-order valence-corrected chi connectivity index (χ3v) is 5.03. The van der Waals surface area contributed by atoms with Crippen LogP contribution in [0.1, 0.15) is 39.6 Å². The third-order valence-electron chi connectivity index (χ3n) is 3.89. The highest BCUT2D eigenvalue weighted by Gasteiger charge is 2.18. The molecule has 0 spiro atoms. The molecule has 0 radical (unpaired) electrons. The third kappa shape index (κ3) is 4.00. The first-order valence-corrected chi connectivity index (χ1v) is 8.78. The lowest BCUT2D eigenvalue weighted by atomic mass is 10.1. The minimum atomic E-state index is -0.811. The molecule has 0 saturated carbocycles. The van der Waals surface area contributed by atoms with E-state index in [1.165, 1.54) is 0 Å². The molecule has 3 rings (SSSR count). The molecule has 26 heavy (non-hydrogen) atoms. The lowest BCUT2D eigenvalue weighted by Crippen LogP contribution is -2.28. The smallest absolute Gasteiger partial charge is 0.316 e. The van der Waals surface area contributed by atoms with Crippen LogP contribution in [0.15, 0.2) is 39.3 Å². The van der Waals surface area contributed by atoms with Crippen LogP contribution >= 0.6 is 15.9 Å². The van der Waals surface area contributed by atoms with Gasteiger partial charge in [-0.3, -0.25) is 9.48 Å². The molecule has 2 N–H and O–H groups in total. The predicted molar refractivity (Wildman–Crippen MR) is 96.5 cm³/mol. The van der Waals surface area contributed by atoms with Gasteiger partial charge in [0.25, 0.3) is 0 Å². The number of aliphatic hydroxyl groups excluding tert-OH is 1. The highest BCUT2D eigenvalue weighted by atomic mass is 79.9. The molecular formula is C17H18BrN5O3. The lowest BCUT2D eigenvalue weighted by molar-refractivity contribution is 0.0873. The largest absolute Gasteiger partial charge is 0.387 e. The number of rotatable bonds is 6. The number of aliphatic hydroxyl groups is 1. The monoisotopic (exact) mass is 419 g/mol. The van der Waals surface area contributed by atoms with E-state index in [4.69, 9.17) is 4.52 Å². The van der Waals surface area contributed by atoms with Gasteiger partial charge in [-0.05, 0) is 35.3 Å². The van der Waals surface area contributed by atoms with Gasteiger partial charge in [0.15, 0.2) is 5.82 Å². The predicted octanol–water partition coefficient (Wildman–Crippen LogP) is 2.16. The number of nitrogens with one attached hydrogen (secondary N) is 1. The zero-order chi connectivity index (χ0) is 18.7. The maximum absolute atomic E-state index is 12.1. The normalized spacial score (nSPS) is 12.2. The van der Waals surface area contributed by atoms with Gasteiger partial charge in [0.05, 0.1) is 22.0 Å². The second kappa shape index (κ2) is 7.79. The van der Waals surface area contributed by atoms with E-state index in [2.05, 4.69) is 36.5 Å². The Kier molecular flexibility index (Phi) is 5.48. The molecule has 2 aromatic heterocycles. The van der Waals surface area contributed by atoms with Gasteiger partial charge in [-0.25, -0.2) is 0 Å². The van der Waals surface area contributed by atoms with E-state index in [1.807, 2.05) is 32.0 Å². The summed E-state index contributed by atoms with van der Waals surface area (Å²) in [5, 5.41) is 20.8. The summed E-state index contributed by atoms with van der Waals surface area (Å²) in [6.45, 7) is 4.15. The summed E-state index contributed by atoms with van der Waals surface area (Å²) in [6, 6.07) is 9.07. The zero-order valence-corrected chi connectivity index (χ0v) is 15.9. The van der Waals surface area contributed by atoms with Crippen molar-refractivity contribution < 1.29 is 14.4 Å². The van der Waals surface area contributed by atoms with Gasteiger partial charge in [0.2, 0.25) is 0 Å². The summed E-state index contributed by atoms with van der Waals surface area (Å²) in [4.78, 5) is 16.2. The van der Waals surface area contributed by atoms with Crippen LogP contribution in [-0.2, 0) is 6.54 Å². The maximum Gasteiger partial charge on any atom is 0.316 e. The minimum absolute atomic E-state index is 0.0466. The van der Waals surface area contributed by atoms with Gasteiger partial charge < -0.3 is 14.9 Å². The van der Waals surface area contributed by atoms with E-state index in [9.17, 15) is 9.90 Å². The summed E-state index contributed by atoms with van der Waals surface area (Å²) < 4.78 is 7.66. The summed E-state index contributed by atoms with van der Waals surface area (Å²) >= 11 is 3.46. The van der Waals surface area contributed by atoms with Crippen molar-refractivity contribution in [2.75, 3.05) is 6.54 Å². The molecule has 0 fully saturated rings. The van der Waals surface area contributed by atoms with Gasteiger partial charge in [-0.2, -0.15) is 10.1 Å². The molecule has 0 unspecified atom stereocenters. The Balaban J connectivity index is 1.60. The van der Waals surface area contributed by atoms with Crippen LogP contribution in [-0.4, -0.2) is 37.5 Å². The number of hydrogen-bond acceptors (Lipinski definition) is 6. The van der Waals surface area contributed by atoms with E-state index in [0.717, 1.165) is 15.9 Å². The fraction of sp³-hybridized carbons (Fsp3) is 0.294. The summed E-state index contributed by atoms with van der Waals surface area (Å²) in [7, 11) is 0. The SMILES string of the molecule is Cc1nn(Cc2noc(C(=O)NC[C@@H](O)c3ccccc3)n2)c(C)c1Br.